The SMILES string of the molecule is CCCCN(CCCC)c1ccc(C2(c3ccc(N(CC)c4ccccc4)cc3OCC)OC(=O)c3nccnc32)c(OCC)c1. The zero-order valence-corrected chi connectivity index (χ0v) is 27.8. The van der Waals surface area contributed by atoms with Crippen LogP contribution in [0.5, 0.6) is 11.5 Å². The van der Waals surface area contributed by atoms with Gasteiger partial charge in [0.2, 0.25) is 5.60 Å². The van der Waals surface area contributed by atoms with Gasteiger partial charge in [0.25, 0.3) is 0 Å². The third-order valence-electron chi connectivity index (χ3n) is 8.38. The maximum atomic E-state index is 13.6. The van der Waals surface area contributed by atoms with Crippen LogP contribution in [0.4, 0.5) is 17.1 Å². The number of fused-ring (bicyclic) bond motifs is 1. The molecule has 1 unspecified atom stereocenters. The highest BCUT2D eigenvalue weighted by Gasteiger charge is 2.54. The van der Waals surface area contributed by atoms with E-state index in [0.29, 0.717) is 41.5 Å². The average molecular weight is 623 g/mol. The van der Waals surface area contributed by atoms with E-state index in [0.717, 1.165) is 62.4 Å². The van der Waals surface area contributed by atoms with Crippen LogP contribution >= 0.6 is 0 Å². The van der Waals surface area contributed by atoms with Gasteiger partial charge in [0.1, 0.15) is 17.2 Å². The molecule has 0 fully saturated rings. The summed E-state index contributed by atoms with van der Waals surface area (Å²) in [7, 11) is 0. The number of nitrogens with zero attached hydrogens (tertiary/aromatic N) is 4. The number of para-hydroxylation sites is 1. The molecule has 0 aliphatic carbocycles. The Morgan fingerprint density at radius 1 is 0.717 bits per heavy atom. The quantitative estimate of drug-likeness (QED) is 0.116. The lowest BCUT2D eigenvalue weighted by Crippen LogP contribution is -2.32. The van der Waals surface area contributed by atoms with Crippen LogP contribution in [0.25, 0.3) is 0 Å². The summed E-state index contributed by atoms with van der Waals surface area (Å²) in [5.41, 5.74) is 3.63. The number of benzene rings is 3. The molecule has 1 aromatic heterocycles. The molecule has 1 aliphatic rings. The fourth-order valence-corrected chi connectivity index (χ4v) is 6.20. The monoisotopic (exact) mass is 622 g/mol. The first-order chi connectivity index (χ1) is 22.5. The molecule has 46 heavy (non-hydrogen) atoms. The van der Waals surface area contributed by atoms with Gasteiger partial charge >= 0.3 is 5.97 Å². The van der Waals surface area contributed by atoms with E-state index in [-0.39, 0.29) is 5.69 Å². The zero-order valence-electron chi connectivity index (χ0n) is 27.8. The van der Waals surface area contributed by atoms with E-state index in [9.17, 15) is 4.79 Å². The third-order valence-corrected chi connectivity index (χ3v) is 8.38. The van der Waals surface area contributed by atoms with Crippen molar-refractivity contribution in [1.29, 1.82) is 0 Å². The molecular weight excluding hydrogens is 576 g/mol. The van der Waals surface area contributed by atoms with Crippen molar-refractivity contribution in [3.05, 3.63) is 102 Å². The van der Waals surface area contributed by atoms with Crippen molar-refractivity contribution in [3.63, 3.8) is 0 Å². The number of carbonyl (C=O) groups excluding carboxylic acids is 1. The van der Waals surface area contributed by atoms with E-state index in [4.69, 9.17) is 19.2 Å². The minimum atomic E-state index is -1.44. The summed E-state index contributed by atoms with van der Waals surface area (Å²) in [6.07, 6.45) is 7.55. The molecule has 3 aromatic carbocycles. The second kappa shape index (κ2) is 15.1. The maximum Gasteiger partial charge on any atom is 0.360 e. The highest BCUT2D eigenvalue weighted by molar-refractivity contribution is 5.94. The van der Waals surface area contributed by atoms with Gasteiger partial charge in [-0.3, -0.25) is 4.98 Å². The van der Waals surface area contributed by atoms with Gasteiger partial charge in [0, 0.05) is 72.3 Å². The number of anilines is 3. The molecule has 8 nitrogen and oxygen atoms in total. The number of aromatic nitrogens is 2. The van der Waals surface area contributed by atoms with Gasteiger partial charge in [-0.2, -0.15) is 0 Å². The Hall–Kier alpha value is -4.59. The topological polar surface area (TPSA) is 77.0 Å². The zero-order chi connectivity index (χ0) is 32.5. The summed E-state index contributed by atoms with van der Waals surface area (Å²) in [5, 5.41) is 0. The lowest BCUT2D eigenvalue weighted by Gasteiger charge is -2.33. The molecule has 0 N–H and O–H groups in total. The Bertz CT molecular complexity index is 1600. The van der Waals surface area contributed by atoms with E-state index < -0.39 is 11.6 Å². The van der Waals surface area contributed by atoms with Crippen molar-refractivity contribution in [2.75, 3.05) is 42.6 Å². The van der Waals surface area contributed by atoms with Crippen LogP contribution in [0.1, 0.15) is 87.6 Å². The van der Waals surface area contributed by atoms with E-state index in [1.54, 1.807) is 6.20 Å². The first-order valence-corrected chi connectivity index (χ1v) is 16.7. The van der Waals surface area contributed by atoms with Gasteiger partial charge in [-0.15, -0.1) is 0 Å². The van der Waals surface area contributed by atoms with Crippen LogP contribution in [0.3, 0.4) is 0 Å². The summed E-state index contributed by atoms with van der Waals surface area (Å²) in [6, 6.07) is 22.5. The normalized spacial score (nSPS) is 15.3. The largest absolute Gasteiger partial charge is 0.493 e. The summed E-state index contributed by atoms with van der Waals surface area (Å²) < 4.78 is 19.2. The lowest BCUT2D eigenvalue weighted by molar-refractivity contribution is 0.0225. The molecule has 0 spiro atoms. The Morgan fingerprint density at radius 3 is 1.89 bits per heavy atom. The number of esters is 1. The second-order valence-corrected chi connectivity index (χ2v) is 11.3. The molecule has 5 rings (SSSR count). The van der Waals surface area contributed by atoms with Crippen molar-refractivity contribution in [1.82, 2.24) is 9.97 Å². The Balaban J connectivity index is 1.73. The highest BCUT2D eigenvalue weighted by atomic mass is 16.6. The van der Waals surface area contributed by atoms with Gasteiger partial charge in [0.15, 0.2) is 5.69 Å². The van der Waals surface area contributed by atoms with Crippen LogP contribution < -0.4 is 19.3 Å². The van der Waals surface area contributed by atoms with Gasteiger partial charge in [-0.05, 0) is 70.0 Å². The van der Waals surface area contributed by atoms with Gasteiger partial charge < -0.3 is 24.0 Å². The molecule has 4 aromatic rings. The Morgan fingerprint density at radius 2 is 1.30 bits per heavy atom. The standard InChI is InChI=1S/C38H46N4O4/c1-6-11-24-41(25-12-7-2)29-18-20-31(33(26-29)44-9-4)38(36-35(37(43)46-38)39-22-23-40-36)32-21-19-30(27-34(32)45-10-5)42(8-3)28-16-14-13-15-17-28/h13-23,26-27H,6-12,24-25H2,1-5H3. The van der Waals surface area contributed by atoms with Crippen LogP contribution in [0.2, 0.25) is 0 Å². The molecule has 242 valence electrons. The fraction of sp³-hybridized carbons (Fsp3) is 0.395. The number of hydrogen-bond donors (Lipinski definition) is 0. The molecule has 0 saturated carbocycles. The number of carbonyl (C=O) groups is 1. The molecule has 0 radical (unpaired) electrons. The number of hydrogen-bond acceptors (Lipinski definition) is 8. The minimum Gasteiger partial charge on any atom is -0.493 e. The van der Waals surface area contributed by atoms with Crippen LogP contribution in [0.15, 0.2) is 79.1 Å². The fourth-order valence-electron chi connectivity index (χ4n) is 6.20. The molecule has 1 aliphatic heterocycles. The smallest absolute Gasteiger partial charge is 0.360 e. The first kappa shape index (κ1) is 32.8. The third kappa shape index (κ3) is 6.39. The van der Waals surface area contributed by atoms with Crippen LogP contribution in [-0.2, 0) is 10.3 Å². The molecule has 0 bridgehead atoms. The van der Waals surface area contributed by atoms with Crippen LogP contribution in [0, 0.1) is 0 Å². The van der Waals surface area contributed by atoms with Gasteiger partial charge in [-0.1, -0.05) is 44.9 Å². The number of ether oxygens (including phenoxy) is 3. The molecule has 2 heterocycles. The average Bonchev–Trinajstić information content (AvgIpc) is 3.38. The van der Waals surface area contributed by atoms with Crippen molar-refractivity contribution in [2.24, 2.45) is 0 Å². The van der Waals surface area contributed by atoms with Crippen molar-refractivity contribution in [2.45, 2.75) is 65.9 Å². The van der Waals surface area contributed by atoms with Gasteiger partial charge in [0.05, 0.1) is 13.2 Å². The number of rotatable bonds is 16. The Labute approximate surface area is 273 Å². The van der Waals surface area contributed by atoms with Crippen LogP contribution in [-0.4, -0.2) is 48.8 Å². The van der Waals surface area contributed by atoms with E-state index in [1.807, 2.05) is 56.3 Å². The summed E-state index contributed by atoms with van der Waals surface area (Å²) in [6.45, 7) is 14.0. The van der Waals surface area contributed by atoms with Gasteiger partial charge in [-0.25, -0.2) is 9.78 Å². The summed E-state index contributed by atoms with van der Waals surface area (Å²) in [5.74, 6) is 0.697. The Kier molecular flexibility index (Phi) is 10.8. The predicted molar refractivity (Wildman–Crippen MR) is 184 cm³/mol. The van der Waals surface area contributed by atoms with E-state index in [2.05, 4.69) is 59.8 Å². The molecule has 1 atom stereocenters. The second-order valence-electron chi connectivity index (χ2n) is 11.3. The lowest BCUT2D eigenvalue weighted by atomic mass is 9.82. The molecule has 8 heteroatoms. The minimum absolute atomic E-state index is 0.188. The van der Waals surface area contributed by atoms with Crippen molar-refractivity contribution in [3.8, 4) is 11.5 Å². The van der Waals surface area contributed by atoms with E-state index in [1.165, 1.54) is 6.20 Å². The molecule has 0 saturated heterocycles. The summed E-state index contributed by atoms with van der Waals surface area (Å²) >= 11 is 0. The van der Waals surface area contributed by atoms with E-state index >= 15 is 0 Å². The maximum absolute atomic E-state index is 13.6. The molecular formula is C38H46N4O4. The predicted octanol–water partition coefficient (Wildman–Crippen LogP) is 8.30. The summed E-state index contributed by atoms with van der Waals surface area (Å²) in [4.78, 5) is 27.4. The number of cyclic esters (lactones) is 1. The van der Waals surface area contributed by atoms with Crippen molar-refractivity contribution >= 4 is 23.0 Å². The molecule has 0 amide bonds. The van der Waals surface area contributed by atoms with Crippen molar-refractivity contribution < 1.29 is 19.0 Å². The highest BCUT2D eigenvalue weighted by Crippen LogP contribution is 2.52. The first-order valence-electron chi connectivity index (χ1n) is 16.7. The number of unbranched alkanes of at least 4 members (excludes halogenated alkanes) is 2.